The summed E-state index contributed by atoms with van der Waals surface area (Å²) < 4.78 is 28.6. The molecule has 0 radical (unpaired) electrons. The van der Waals surface area contributed by atoms with Crippen molar-refractivity contribution in [2.75, 3.05) is 10.6 Å². The summed E-state index contributed by atoms with van der Waals surface area (Å²) >= 11 is 3.27. The lowest BCUT2D eigenvalue weighted by atomic mass is 10.0. The molecular weight excluding hydrogens is 470 g/mol. The molecule has 7 nitrogen and oxygen atoms in total. The van der Waals surface area contributed by atoms with Gasteiger partial charge in [0.05, 0.1) is 4.90 Å². The Morgan fingerprint density at radius 3 is 1.70 bits per heavy atom. The molecule has 0 aliphatic heterocycles. The second kappa shape index (κ2) is 10.2. The predicted molar refractivity (Wildman–Crippen MR) is 122 cm³/mol. The summed E-state index contributed by atoms with van der Waals surface area (Å²) in [6, 6.07) is 11.9. The van der Waals surface area contributed by atoms with E-state index in [4.69, 9.17) is 0 Å². The molecule has 0 heterocycles. The molecule has 0 aliphatic carbocycles. The first-order valence-corrected chi connectivity index (χ1v) is 11.8. The number of amides is 2. The van der Waals surface area contributed by atoms with Crippen LogP contribution in [0.25, 0.3) is 0 Å². The highest BCUT2D eigenvalue weighted by molar-refractivity contribution is 9.10. The standard InChI is InChI=1S/C21H26BrN3O4S/c1-13(2)19(25-30(28,29)18-11-5-15(22)6-12-18)21(27)24-17-9-7-16(8-10-17)23-20(26)14(3)4/h5-14,19,25H,1-4H3,(H,23,26)(H,24,27)/t19-/m0/s1. The summed E-state index contributed by atoms with van der Waals surface area (Å²) in [5, 5.41) is 5.49. The van der Waals surface area contributed by atoms with Gasteiger partial charge in [0, 0.05) is 21.8 Å². The van der Waals surface area contributed by atoms with E-state index in [9.17, 15) is 18.0 Å². The van der Waals surface area contributed by atoms with E-state index in [1.165, 1.54) is 12.1 Å². The topological polar surface area (TPSA) is 104 Å². The number of carbonyl (C=O) groups excluding carboxylic acids is 2. The van der Waals surface area contributed by atoms with Gasteiger partial charge >= 0.3 is 0 Å². The van der Waals surface area contributed by atoms with Gasteiger partial charge in [0.15, 0.2) is 0 Å². The van der Waals surface area contributed by atoms with E-state index in [1.54, 1.807) is 64.1 Å². The zero-order valence-corrected chi connectivity index (χ0v) is 19.7. The van der Waals surface area contributed by atoms with Crippen LogP contribution in [0.5, 0.6) is 0 Å². The molecule has 3 N–H and O–H groups in total. The van der Waals surface area contributed by atoms with Gasteiger partial charge in [0.25, 0.3) is 0 Å². The van der Waals surface area contributed by atoms with Crippen molar-refractivity contribution in [3.8, 4) is 0 Å². The lowest BCUT2D eigenvalue weighted by molar-refractivity contribution is -0.119. The first-order valence-electron chi connectivity index (χ1n) is 9.49. The minimum absolute atomic E-state index is 0.0781. The minimum atomic E-state index is -3.87. The van der Waals surface area contributed by atoms with Crippen LogP contribution in [0.4, 0.5) is 11.4 Å². The van der Waals surface area contributed by atoms with Crippen molar-refractivity contribution in [2.24, 2.45) is 11.8 Å². The summed E-state index contributed by atoms with van der Waals surface area (Å²) in [7, 11) is -3.87. The zero-order chi connectivity index (χ0) is 22.5. The largest absolute Gasteiger partial charge is 0.326 e. The van der Waals surface area contributed by atoms with E-state index < -0.39 is 22.0 Å². The van der Waals surface area contributed by atoms with Gasteiger partial charge < -0.3 is 10.6 Å². The van der Waals surface area contributed by atoms with Crippen molar-refractivity contribution in [3.63, 3.8) is 0 Å². The predicted octanol–water partition coefficient (Wildman–Crippen LogP) is 3.99. The van der Waals surface area contributed by atoms with Crippen molar-refractivity contribution in [1.82, 2.24) is 4.72 Å². The average Bonchev–Trinajstić information content (AvgIpc) is 2.67. The highest BCUT2D eigenvalue weighted by atomic mass is 79.9. The summed E-state index contributed by atoms with van der Waals surface area (Å²) in [5.41, 5.74) is 1.11. The third-order valence-electron chi connectivity index (χ3n) is 4.30. The molecule has 0 bridgehead atoms. The Bertz CT molecular complexity index is 988. The summed E-state index contributed by atoms with van der Waals surface area (Å²) in [5.74, 6) is -0.992. The Kier molecular flexibility index (Phi) is 8.17. The second-order valence-electron chi connectivity index (χ2n) is 7.51. The molecule has 2 aromatic rings. The number of halogens is 1. The fourth-order valence-electron chi connectivity index (χ4n) is 2.48. The molecule has 0 saturated heterocycles. The number of benzene rings is 2. The van der Waals surface area contributed by atoms with Crippen molar-refractivity contribution in [3.05, 3.63) is 53.0 Å². The van der Waals surface area contributed by atoms with E-state index in [-0.39, 0.29) is 22.6 Å². The third-order valence-corrected chi connectivity index (χ3v) is 6.29. The van der Waals surface area contributed by atoms with Crippen LogP contribution in [0.2, 0.25) is 0 Å². The first-order chi connectivity index (χ1) is 14.0. The molecular formula is C21H26BrN3O4S. The number of sulfonamides is 1. The van der Waals surface area contributed by atoms with Crippen molar-refractivity contribution in [2.45, 2.75) is 38.6 Å². The fraction of sp³-hybridized carbons (Fsp3) is 0.333. The maximum atomic E-state index is 12.8. The van der Waals surface area contributed by atoms with Crippen LogP contribution in [0.15, 0.2) is 57.9 Å². The molecule has 0 aromatic heterocycles. The lowest BCUT2D eigenvalue weighted by Crippen LogP contribution is -2.47. The minimum Gasteiger partial charge on any atom is -0.326 e. The quantitative estimate of drug-likeness (QED) is 0.514. The average molecular weight is 496 g/mol. The first kappa shape index (κ1) is 24.0. The Labute approximate surface area is 185 Å². The SMILES string of the molecule is CC(C)C(=O)Nc1ccc(NC(=O)[C@@H](NS(=O)(=O)c2ccc(Br)cc2)C(C)C)cc1. The molecule has 30 heavy (non-hydrogen) atoms. The Morgan fingerprint density at radius 1 is 0.800 bits per heavy atom. The van der Waals surface area contributed by atoms with Crippen molar-refractivity contribution >= 4 is 49.1 Å². The molecule has 162 valence electrons. The van der Waals surface area contributed by atoms with Crippen LogP contribution in [-0.4, -0.2) is 26.3 Å². The van der Waals surface area contributed by atoms with E-state index in [0.717, 1.165) is 4.47 Å². The second-order valence-corrected chi connectivity index (χ2v) is 10.1. The Balaban J connectivity index is 2.10. The van der Waals surface area contributed by atoms with Crippen molar-refractivity contribution < 1.29 is 18.0 Å². The van der Waals surface area contributed by atoms with Gasteiger partial charge in [-0.2, -0.15) is 4.72 Å². The maximum absolute atomic E-state index is 12.8. The molecule has 1 atom stereocenters. The van der Waals surface area contributed by atoms with Crippen LogP contribution in [0, 0.1) is 11.8 Å². The number of hydrogen-bond acceptors (Lipinski definition) is 4. The normalized spacial score (nSPS) is 12.6. The molecule has 0 spiro atoms. The fourth-order valence-corrected chi connectivity index (χ4v) is 4.09. The number of anilines is 2. The van der Waals surface area contributed by atoms with Gasteiger partial charge in [0.2, 0.25) is 21.8 Å². The van der Waals surface area contributed by atoms with E-state index in [0.29, 0.717) is 11.4 Å². The number of nitrogens with one attached hydrogen (secondary N) is 3. The van der Waals surface area contributed by atoms with Gasteiger partial charge in [-0.15, -0.1) is 0 Å². The Hall–Kier alpha value is -2.23. The highest BCUT2D eigenvalue weighted by Crippen LogP contribution is 2.18. The Morgan fingerprint density at radius 2 is 1.27 bits per heavy atom. The van der Waals surface area contributed by atoms with E-state index in [2.05, 4.69) is 31.3 Å². The monoisotopic (exact) mass is 495 g/mol. The zero-order valence-electron chi connectivity index (χ0n) is 17.3. The molecule has 2 amide bonds. The third kappa shape index (κ3) is 6.65. The molecule has 2 aromatic carbocycles. The number of rotatable bonds is 8. The van der Waals surface area contributed by atoms with Crippen LogP contribution in [0.1, 0.15) is 27.7 Å². The van der Waals surface area contributed by atoms with Gasteiger partial charge in [0.1, 0.15) is 6.04 Å². The van der Waals surface area contributed by atoms with E-state index >= 15 is 0 Å². The molecule has 0 saturated carbocycles. The summed E-state index contributed by atoms with van der Waals surface area (Å²) in [6.45, 7) is 7.12. The van der Waals surface area contributed by atoms with Crippen LogP contribution < -0.4 is 15.4 Å². The molecule has 0 aliphatic rings. The van der Waals surface area contributed by atoms with Gasteiger partial charge in [-0.1, -0.05) is 43.6 Å². The van der Waals surface area contributed by atoms with Gasteiger partial charge in [-0.25, -0.2) is 8.42 Å². The molecule has 9 heteroatoms. The maximum Gasteiger partial charge on any atom is 0.242 e. The smallest absolute Gasteiger partial charge is 0.242 e. The lowest BCUT2D eigenvalue weighted by Gasteiger charge is -2.22. The highest BCUT2D eigenvalue weighted by Gasteiger charge is 2.28. The summed E-state index contributed by atoms with van der Waals surface area (Å²) in [4.78, 5) is 24.6. The summed E-state index contributed by atoms with van der Waals surface area (Å²) in [6.07, 6.45) is 0. The van der Waals surface area contributed by atoms with Crippen LogP contribution >= 0.6 is 15.9 Å². The van der Waals surface area contributed by atoms with Crippen LogP contribution in [-0.2, 0) is 19.6 Å². The van der Waals surface area contributed by atoms with Gasteiger partial charge in [-0.05, 0) is 54.4 Å². The molecule has 2 rings (SSSR count). The number of hydrogen-bond donors (Lipinski definition) is 3. The molecule has 0 unspecified atom stereocenters. The van der Waals surface area contributed by atoms with Crippen LogP contribution in [0.3, 0.4) is 0 Å². The van der Waals surface area contributed by atoms with Crippen molar-refractivity contribution in [1.29, 1.82) is 0 Å². The molecule has 0 fully saturated rings. The van der Waals surface area contributed by atoms with E-state index in [1.807, 2.05) is 0 Å². The number of carbonyl (C=O) groups is 2. The van der Waals surface area contributed by atoms with Gasteiger partial charge in [-0.3, -0.25) is 9.59 Å².